The first kappa shape index (κ1) is 9.51. The molecule has 12 heavy (non-hydrogen) atoms. The maximum Gasteiger partial charge on any atom is 0.417 e. The van der Waals surface area contributed by atoms with Crippen molar-refractivity contribution >= 4 is 15.9 Å². The predicted octanol–water partition coefficient (Wildman–Crippen LogP) is 3.41. The normalized spacial score (nSPS) is 11.8. The highest BCUT2D eigenvalue weighted by molar-refractivity contribution is 9.10. The Balaban J connectivity index is 3.18. The molecule has 0 N–H and O–H groups in total. The van der Waals surface area contributed by atoms with Gasteiger partial charge in [0.1, 0.15) is 5.82 Å². The van der Waals surface area contributed by atoms with Gasteiger partial charge in [0.2, 0.25) is 0 Å². The topological polar surface area (TPSA) is 0 Å². The molecular formula is C7H2BrF4. The third-order valence-corrected chi connectivity index (χ3v) is 1.53. The van der Waals surface area contributed by atoms with Gasteiger partial charge in [-0.1, -0.05) is 15.9 Å². The van der Waals surface area contributed by atoms with Crippen LogP contribution in [-0.4, -0.2) is 0 Å². The van der Waals surface area contributed by atoms with Crippen LogP contribution in [0.25, 0.3) is 0 Å². The van der Waals surface area contributed by atoms with Gasteiger partial charge in [0.25, 0.3) is 0 Å². The Morgan fingerprint density at radius 2 is 1.83 bits per heavy atom. The van der Waals surface area contributed by atoms with Crippen molar-refractivity contribution in [2.75, 3.05) is 0 Å². The average Bonchev–Trinajstić information content (AvgIpc) is 1.82. The molecule has 0 aliphatic carbocycles. The minimum absolute atomic E-state index is 0.0465. The Kier molecular flexibility index (Phi) is 2.41. The van der Waals surface area contributed by atoms with Crippen LogP contribution in [0.3, 0.4) is 0 Å². The van der Waals surface area contributed by atoms with Gasteiger partial charge in [-0.25, -0.2) is 4.39 Å². The van der Waals surface area contributed by atoms with Crippen LogP contribution in [0, 0.1) is 11.9 Å². The largest absolute Gasteiger partial charge is 0.417 e. The second-order valence-corrected chi connectivity index (χ2v) is 2.91. The molecule has 0 saturated heterocycles. The van der Waals surface area contributed by atoms with Gasteiger partial charge in [0.15, 0.2) is 0 Å². The van der Waals surface area contributed by atoms with Crippen LogP contribution >= 0.6 is 15.9 Å². The number of rotatable bonds is 0. The summed E-state index contributed by atoms with van der Waals surface area (Å²) in [5.74, 6) is -0.937. The molecule has 0 fully saturated rings. The molecule has 0 aromatic heterocycles. The minimum atomic E-state index is -4.55. The van der Waals surface area contributed by atoms with Gasteiger partial charge in [-0.2, -0.15) is 13.2 Å². The standard InChI is InChI=1S/C7H2BrF4/c8-5-1-4(7(10,11)12)2-6(9)3-5/h2-3H. The summed E-state index contributed by atoms with van der Waals surface area (Å²) in [5.41, 5.74) is -1.12. The fraction of sp³-hybridized carbons (Fsp3) is 0.143. The van der Waals surface area contributed by atoms with Gasteiger partial charge in [0, 0.05) is 10.5 Å². The highest BCUT2D eigenvalue weighted by Crippen LogP contribution is 2.30. The molecular weight excluding hydrogens is 240 g/mol. The van der Waals surface area contributed by atoms with E-state index in [-0.39, 0.29) is 4.47 Å². The highest BCUT2D eigenvalue weighted by Gasteiger charge is 2.31. The Bertz CT molecular complexity index is 272. The minimum Gasteiger partial charge on any atom is -0.207 e. The summed E-state index contributed by atoms with van der Waals surface area (Å²) >= 11 is 2.71. The Morgan fingerprint density at radius 3 is 2.25 bits per heavy atom. The van der Waals surface area contributed by atoms with Crippen LogP contribution in [0.2, 0.25) is 0 Å². The first-order valence-electron chi connectivity index (χ1n) is 2.85. The van der Waals surface area contributed by atoms with E-state index in [0.717, 1.165) is 6.07 Å². The van der Waals surface area contributed by atoms with Gasteiger partial charge in [0.05, 0.1) is 5.56 Å². The van der Waals surface area contributed by atoms with Gasteiger partial charge >= 0.3 is 6.18 Å². The zero-order valence-electron chi connectivity index (χ0n) is 5.54. The summed E-state index contributed by atoms with van der Waals surface area (Å²) in [7, 11) is 0. The molecule has 0 bridgehead atoms. The summed E-state index contributed by atoms with van der Waals surface area (Å²) in [6.45, 7) is 0. The molecule has 0 saturated carbocycles. The van der Waals surface area contributed by atoms with Gasteiger partial charge in [-0.05, 0) is 12.1 Å². The van der Waals surface area contributed by atoms with Crippen molar-refractivity contribution in [3.8, 4) is 0 Å². The lowest BCUT2D eigenvalue weighted by atomic mass is 10.2. The Labute approximate surface area is 74.3 Å². The average molecular weight is 242 g/mol. The van der Waals surface area contributed by atoms with Crippen LogP contribution in [0.4, 0.5) is 17.6 Å². The highest BCUT2D eigenvalue weighted by atomic mass is 79.9. The lowest BCUT2D eigenvalue weighted by Gasteiger charge is -2.05. The summed E-state index contributed by atoms with van der Waals surface area (Å²) in [4.78, 5) is 0. The molecule has 1 radical (unpaired) electrons. The number of hydrogen-bond acceptors (Lipinski definition) is 0. The van der Waals surface area contributed by atoms with Crippen molar-refractivity contribution in [3.05, 3.63) is 34.1 Å². The van der Waals surface area contributed by atoms with E-state index in [1.165, 1.54) is 0 Å². The Hall–Kier alpha value is -0.580. The van der Waals surface area contributed by atoms with Gasteiger partial charge in [-0.3, -0.25) is 0 Å². The quantitative estimate of drug-likeness (QED) is 0.611. The van der Waals surface area contributed by atoms with Crippen molar-refractivity contribution < 1.29 is 17.6 Å². The van der Waals surface area contributed by atoms with E-state index in [2.05, 4.69) is 15.9 Å². The third kappa shape index (κ3) is 2.20. The smallest absolute Gasteiger partial charge is 0.207 e. The van der Waals surface area contributed by atoms with Gasteiger partial charge in [-0.15, -0.1) is 0 Å². The Morgan fingerprint density at radius 1 is 1.25 bits per heavy atom. The molecule has 0 nitrogen and oxygen atoms in total. The molecule has 65 valence electrons. The molecule has 1 aromatic carbocycles. The second kappa shape index (κ2) is 3.05. The zero-order valence-corrected chi connectivity index (χ0v) is 7.13. The fourth-order valence-corrected chi connectivity index (χ4v) is 1.09. The van der Waals surface area contributed by atoms with Crippen LogP contribution < -0.4 is 0 Å². The number of benzene rings is 1. The molecule has 0 aliphatic heterocycles. The lowest BCUT2D eigenvalue weighted by Crippen LogP contribution is -2.05. The van der Waals surface area contributed by atoms with Crippen molar-refractivity contribution in [2.45, 2.75) is 6.18 Å². The van der Waals surface area contributed by atoms with E-state index in [0.29, 0.717) is 6.07 Å². The summed E-state index contributed by atoms with van der Waals surface area (Å²) in [5, 5.41) is 0. The number of alkyl halides is 3. The maximum absolute atomic E-state index is 12.4. The van der Waals surface area contributed by atoms with Crippen LogP contribution in [-0.2, 0) is 6.18 Å². The third-order valence-electron chi connectivity index (χ3n) is 1.11. The van der Waals surface area contributed by atoms with E-state index in [1.54, 1.807) is 0 Å². The van der Waals surface area contributed by atoms with E-state index in [4.69, 9.17) is 0 Å². The van der Waals surface area contributed by atoms with E-state index >= 15 is 0 Å². The van der Waals surface area contributed by atoms with E-state index in [9.17, 15) is 17.6 Å². The van der Waals surface area contributed by atoms with Crippen LogP contribution in [0.1, 0.15) is 5.56 Å². The molecule has 1 aromatic rings. The molecule has 0 amide bonds. The van der Waals surface area contributed by atoms with Crippen molar-refractivity contribution in [2.24, 2.45) is 0 Å². The fourth-order valence-electron chi connectivity index (χ4n) is 0.654. The second-order valence-electron chi connectivity index (χ2n) is 2.06. The monoisotopic (exact) mass is 241 g/mol. The first-order valence-corrected chi connectivity index (χ1v) is 3.64. The summed E-state index contributed by atoms with van der Waals surface area (Å²) in [6.07, 6.45) is -4.55. The molecule has 0 atom stereocenters. The maximum atomic E-state index is 12.4. The molecule has 5 heteroatoms. The summed E-state index contributed by atoms with van der Waals surface area (Å²) in [6, 6.07) is 3.25. The van der Waals surface area contributed by atoms with Crippen molar-refractivity contribution in [3.63, 3.8) is 0 Å². The molecule has 0 spiro atoms. The zero-order chi connectivity index (χ0) is 9.35. The molecule has 0 aliphatic rings. The van der Waals surface area contributed by atoms with Crippen LogP contribution in [0.5, 0.6) is 0 Å². The molecule has 0 heterocycles. The lowest BCUT2D eigenvalue weighted by molar-refractivity contribution is -0.138. The van der Waals surface area contributed by atoms with Gasteiger partial charge < -0.3 is 0 Å². The van der Waals surface area contributed by atoms with Crippen molar-refractivity contribution in [1.29, 1.82) is 0 Å². The molecule has 1 rings (SSSR count). The van der Waals surface area contributed by atoms with E-state index in [1.807, 2.05) is 6.07 Å². The molecule has 0 unspecified atom stereocenters. The number of halogens is 5. The SMILES string of the molecule is Fc1cc(Br)[c]c(C(F)(F)F)c1. The first-order chi connectivity index (χ1) is 5.39. The van der Waals surface area contributed by atoms with Crippen LogP contribution in [0.15, 0.2) is 16.6 Å². The predicted molar refractivity (Wildman–Crippen MR) is 37.9 cm³/mol. The van der Waals surface area contributed by atoms with E-state index < -0.39 is 17.6 Å². The van der Waals surface area contributed by atoms with Crippen molar-refractivity contribution in [1.82, 2.24) is 0 Å². The summed E-state index contributed by atoms with van der Waals surface area (Å²) < 4.78 is 48.1. The number of hydrogen-bond donors (Lipinski definition) is 0.